The highest BCUT2D eigenvalue weighted by atomic mass is 16.4. The van der Waals surface area contributed by atoms with Crippen molar-refractivity contribution in [3.05, 3.63) is 36.2 Å². The molecule has 2 atom stereocenters. The van der Waals surface area contributed by atoms with Crippen LogP contribution in [0.25, 0.3) is 11.5 Å². The number of benzene rings is 1. The molecule has 5 nitrogen and oxygen atoms in total. The molecule has 1 aromatic carbocycles. The van der Waals surface area contributed by atoms with Crippen LogP contribution in [0.3, 0.4) is 0 Å². The minimum Gasteiger partial charge on any atom is -0.419 e. The van der Waals surface area contributed by atoms with E-state index in [1.165, 1.54) is 12.8 Å². The van der Waals surface area contributed by atoms with E-state index in [2.05, 4.69) is 22.0 Å². The lowest BCUT2D eigenvalue weighted by Crippen LogP contribution is -2.48. The monoisotopic (exact) mass is 286 g/mol. The number of likely N-dealkylation sites (tertiary alicyclic amines) is 1. The summed E-state index contributed by atoms with van der Waals surface area (Å²) in [6.07, 6.45) is 3.61. The molecule has 2 heterocycles. The van der Waals surface area contributed by atoms with Gasteiger partial charge in [-0.3, -0.25) is 4.90 Å². The van der Waals surface area contributed by atoms with E-state index in [4.69, 9.17) is 10.2 Å². The summed E-state index contributed by atoms with van der Waals surface area (Å²) in [5.74, 6) is 1.25. The van der Waals surface area contributed by atoms with Crippen LogP contribution >= 0.6 is 0 Å². The fourth-order valence-electron chi connectivity index (χ4n) is 3.00. The van der Waals surface area contributed by atoms with Crippen molar-refractivity contribution in [1.29, 1.82) is 0 Å². The summed E-state index contributed by atoms with van der Waals surface area (Å²) in [7, 11) is 0. The Morgan fingerprint density at radius 3 is 2.86 bits per heavy atom. The van der Waals surface area contributed by atoms with Crippen LogP contribution in [-0.4, -0.2) is 33.7 Å². The zero-order valence-electron chi connectivity index (χ0n) is 12.4. The third-order valence-electron chi connectivity index (χ3n) is 4.10. The quantitative estimate of drug-likeness (QED) is 0.935. The van der Waals surface area contributed by atoms with Gasteiger partial charge in [0.1, 0.15) is 0 Å². The lowest BCUT2D eigenvalue weighted by Gasteiger charge is -2.37. The first-order valence-electron chi connectivity index (χ1n) is 7.61. The average Bonchev–Trinajstić information content (AvgIpc) is 2.97. The molecule has 2 unspecified atom stereocenters. The molecule has 5 heteroatoms. The molecule has 0 saturated carbocycles. The van der Waals surface area contributed by atoms with Crippen molar-refractivity contribution >= 4 is 0 Å². The molecular weight excluding hydrogens is 264 g/mol. The second-order valence-electron chi connectivity index (χ2n) is 5.76. The van der Waals surface area contributed by atoms with Gasteiger partial charge in [0.05, 0.1) is 6.54 Å². The van der Waals surface area contributed by atoms with Crippen molar-refractivity contribution in [1.82, 2.24) is 15.1 Å². The van der Waals surface area contributed by atoms with Gasteiger partial charge in [0.25, 0.3) is 0 Å². The van der Waals surface area contributed by atoms with E-state index in [0.29, 0.717) is 24.4 Å². The van der Waals surface area contributed by atoms with Crippen molar-refractivity contribution in [3.8, 4) is 11.5 Å². The fraction of sp³-hybridized carbons (Fsp3) is 0.500. The predicted octanol–water partition coefficient (Wildman–Crippen LogP) is 2.44. The maximum Gasteiger partial charge on any atom is 0.247 e. The third-order valence-corrected chi connectivity index (χ3v) is 4.10. The van der Waals surface area contributed by atoms with Crippen LogP contribution < -0.4 is 5.73 Å². The normalized spacial score (nSPS) is 21.3. The highest BCUT2D eigenvalue weighted by Crippen LogP contribution is 2.23. The Kier molecular flexibility index (Phi) is 4.31. The zero-order valence-corrected chi connectivity index (χ0v) is 12.4. The third kappa shape index (κ3) is 3.31. The first kappa shape index (κ1) is 14.2. The molecular formula is C16H22N4O. The fourth-order valence-corrected chi connectivity index (χ4v) is 3.00. The molecule has 21 heavy (non-hydrogen) atoms. The number of hydrogen-bond donors (Lipinski definition) is 1. The Bertz CT molecular complexity index is 567. The van der Waals surface area contributed by atoms with E-state index in [-0.39, 0.29) is 6.04 Å². The van der Waals surface area contributed by atoms with Crippen LogP contribution in [0.4, 0.5) is 0 Å². The van der Waals surface area contributed by atoms with Gasteiger partial charge in [-0.1, -0.05) is 24.6 Å². The molecule has 1 aliphatic rings. The van der Waals surface area contributed by atoms with E-state index in [0.717, 1.165) is 18.5 Å². The number of piperidine rings is 1. The van der Waals surface area contributed by atoms with Crippen molar-refractivity contribution in [2.45, 2.75) is 44.8 Å². The van der Waals surface area contributed by atoms with Gasteiger partial charge in [-0.25, -0.2) is 0 Å². The Morgan fingerprint density at radius 1 is 1.29 bits per heavy atom. The highest BCUT2D eigenvalue weighted by molar-refractivity contribution is 5.51. The Hall–Kier alpha value is -1.72. The molecule has 2 N–H and O–H groups in total. The summed E-state index contributed by atoms with van der Waals surface area (Å²) in [6.45, 7) is 3.81. The first-order valence-corrected chi connectivity index (χ1v) is 7.61. The first-order chi connectivity index (χ1) is 10.2. The summed E-state index contributed by atoms with van der Waals surface area (Å²) in [5.41, 5.74) is 7.06. The molecule has 1 saturated heterocycles. The molecule has 0 spiro atoms. The van der Waals surface area contributed by atoms with E-state index < -0.39 is 0 Å². The number of rotatable bonds is 4. The number of aromatic nitrogens is 2. The lowest BCUT2D eigenvalue weighted by atomic mass is 9.97. The summed E-state index contributed by atoms with van der Waals surface area (Å²) in [5, 5.41) is 8.33. The van der Waals surface area contributed by atoms with Crippen molar-refractivity contribution in [2.24, 2.45) is 5.73 Å². The molecule has 3 rings (SSSR count). The highest BCUT2D eigenvalue weighted by Gasteiger charge is 2.26. The van der Waals surface area contributed by atoms with Crippen LogP contribution in [0, 0.1) is 0 Å². The van der Waals surface area contributed by atoms with E-state index in [1.807, 2.05) is 30.3 Å². The van der Waals surface area contributed by atoms with E-state index >= 15 is 0 Å². The smallest absolute Gasteiger partial charge is 0.247 e. The van der Waals surface area contributed by atoms with Crippen LogP contribution in [0.1, 0.15) is 32.1 Å². The van der Waals surface area contributed by atoms with Crippen molar-refractivity contribution < 1.29 is 4.42 Å². The lowest BCUT2D eigenvalue weighted by molar-refractivity contribution is 0.112. The predicted molar refractivity (Wildman–Crippen MR) is 81.4 cm³/mol. The van der Waals surface area contributed by atoms with Gasteiger partial charge in [-0.05, 0) is 38.4 Å². The Labute approximate surface area is 125 Å². The Balaban J connectivity index is 1.72. The van der Waals surface area contributed by atoms with Gasteiger partial charge in [0, 0.05) is 17.6 Å². The molecule has 1 fully saturated rings. The van der Waals surface area contributed by atoms with Crippen molar-refractivity contribution in [2.75, 3.05) is 6.54 Å². The largest absolute Gasteiger partial charge is 0.419 e. The summed E-state index contributed by atoms with van der Waals surface area (Å²) < 4.78 is 5.80. The van der Waals surface area contributed by atoms with Gasteiger partial charge in [-0.2, -0.15) is 0 Å². The molecule has 1 aromatic heterocycles. The molecule has 2 aromatic rings. The van der Waals surface area contributed by atoms with Gasteiger partial charge < -0.3 is 10.2 Å². The van der Waals surface area contributed by atoms with E-state index in [9.17, 15) is 0 Å². The maximum absolute atomic E-state index is 6.10. The zero-order chi connectivity index (χ0) is 14.7. The maximum atomic E-state index is 6.10. The van der Waals surface area contributed by atoms with Crippen LogP contribution in [0.2, 0.25) is 0 Å². The van der Waals surface area contributed by atoms with Crippen LogP contribution in [-0.2, 0) is 6.54 Å². The van der Waals surface area contributed by atoms with Gasteiger partial charge >= 0.3 is 0 Å². The van der Waals surface area contributed by atoms with Gasteiger partial charge in [0.15, 0.2) is 0 Å². The van der Waals surface area contributed by atoms with E-state index in [1.54, 1.807) is 0 Å². The minimum absolute atomic E-state index is 0.168. The Morgan fingerprint density at radius 2 is 2.10 bits per heavy atom. The molecule has 0 aliphatic carbocycles. The number of nitrogens with two attached hydrogens (primary N) is 1. The summed E-state index contributed by atoms with van der Waals surface area (Å²) in [4.78, 5) is 2.37. The van der Waals surface area contributed by atoms with Crippen LogP contribution in [0.15, 0.2) is 34.7 Å². The summed E-state index contributed by atoms with van der Waals surface area (Å²) in [6, 6.07) is 10.4. The topological polar surface area (TPSA) is 68.2 Å². The van der Waals surface area contributed by atoms with Gasteiger partial charge in [-0.15, -0.1) is 10.2 Å². The molecule has 0 radical (unpaired) electrons. The molecule has 0 amide bonds. The van der Waals surface area contributed by atoms with Crippen LogP contribution in [0.5, 0.6) is 0 Å². The molecule has 112 valence electrons. The van der Waals surface area contributed by atoms with Crippen molar-refractivity contribution in [3.63, 3.8) is 0 Å². The standard InChI is InChI=1S/C16H22N4O/c1-12(17)14-9-5-6-10-20(14)11-15-18-19-16(21-15)13-7-3-2-4-8-13/h2-4,7-8,12,14H,5-6,9-11,17H2,1H3. The number of hydrogen-bond acceptors (Lipinski definition) is 5. The van der Waals surface area contributed by atoms with Gasteiger partial charge in [0.2, 0.25) is 11.8 Å². The second-order valence-corrected chi connectivity index (χ2v) is 5.76. The average molecular weight is 286 g/mol. The SMILES string of the molecule is CC(N)C1CCCCN1Cc1nnc(-c2ccccc2)o1. The summed E-state index contributed by atoms with van der Waals surface area (Å²) >= 11 is 0. The molecule has 1 aliphatic heterocycles. The molecule has 0 bridgehead atoms. The number of nitrogens with zero attached hydrogens (tertiary/aromatic N) is 3. The second kappa shape index (κ2) is 6.37. The minimum atomic E-state index is 0.168.